The molecule has 0 amide bonds. The Bertz CT molecular complexity index is 481. The van der Waals surface area contributed by atoms with Gasteiger partial charge in [-0.05, 0) is 34.7 Å². The van der Waals surface area contributed by atoms with Gasteiger partial charge in [0.15, 0.2) is 0 Å². The van der Waals surface area contributed by atoms with E-state index in [-0.39, 0.29) is 0 Å². The molecule has 1 heterocycles. The number of nitrogens with two attached hydrogens (primary N) is 1. The van der Waals surface area contributed by atoms with E-state index in [4.69, 9.17) is 10.5 Å². The third-order valence-electron chi connectivity index (χ3n) is 2.06. The summed E-state index contributed by atoms with van der Waals surface area (Å²) >= 11 is 2.20. The lowest BCUT2D eigenvalue weighted by molar-refractivity contribution is 0.416. The predicted molar refractivity (Wildman–Crippen MR) is 67.2 cm³/mol. The largest absolute Gasteiger partial charge is 0.495 e. The minimum Gasteiger partial charge on any atom is -0.495 e. The lowest BCUT2D eigenvalue weighted by atomic mass is 10.2. The molecule has 4 nitrogen and oxygen atoms in total. The summed E-state index contributed by atoms with van der Waals surface area (Å²) in [4.78, 5) is 0. The molecule has 1 aromatic heterocycles. The van der Waals surface area contributed by atoms with Gasteiger partial charge in [0.1, 0.15) is 11.4 Å². The van der Waals surface area contributed by atoms with Crippen molar-refractivity contribution >= 4 is 28.3 Å². The van der Waals surface area contributed by atoms with Crippen LogP contribution in [0.5, 0.6) is 5.75 Å². The summed E-state index contributed by atoms with van der Waals surface area (Å²) in [7, 11) is 1.60. The number of nitrogen functional groups attached to an aromatic ring is 1. The van der Waals surface area contributed by atoms with Crippen molar-refractivity contribution in [2.24, 2.45) is 0 Å². The minimum absolute atomic E-state index is 0.597. The van der Waals surface area contributed by atoms with E-state index < -0.39 is 0 Å². The third-order valence-corrected chi connectivity index (χ3v) is 2.62. The standard InChI is InChI=1S/C10H10IN3O/c1-15-9-4-2-3-8(10(9)12)14-6-7(11)5-13-14/h2-6H,12H2,1H3. The first-order valence-electron chi connectivity index (χ1n) is 4.35. The monoisotopic (exact) mass is 315 g/mol. The van der Waals surface area contributed by atoms with Crippen molar-refractivity contribution in [3.8, 4) is 11.4 Å². The highest BCUT2D eigenvalue weighted by Crippen LogP contribution is 2.27. The second-order valence-electron chi connectivity index (χ2n) is 3.00. The predicted octanol–water partition coefficient (Wildman–Crippen LogP) is 2.07. The lowest BCUT2D eigenvalue weighted by Gasteiger charge is -2.09. The second kappa shape index (κ2) is 4.09. The molecule has 0 aliphatic heterocycles. The quantitative estimate of drug-likeness (QED) is 0.682. The normalized spacial score (nSPS) is 10.3. The summed E-state index contributed by atoms with van der Waals surface area (Å²) in [5.74, 6) is 0.665. The van der Waals surface area contributed by atoms with Crippen LogP contribution in [0.2, 0.25) is 0 Å². The molecule has 2 rings (SSSR count). The number of nitrogens with zero attached hydrogens (tertiary/aromatic N) is 2. The van der Waals surface area contributed by atoms with E-state index in [1.54, 1.807) is 18.0 Å². The number of hydrogen-bond acceptors (Lipinski definition) is 3. The molecular weight excluding hydrogens is 305 g/mol. The molecule has 0 aliphatic carbocycles. The topological polar surface area (TPSA) is 53.1 Å². The van der Waals surface area contributed by atoms with Crippen molar-refractivity contribution in [1.29, 1.82) is 0 Å². The summed E-state index contributed by atoms with van der Waals surface area (Å²) < 4.78 is 7.95. The van der Waals surface area contributed by atoms with Crippen LogP contribution in [0, 0.1) is 3.57 Å². The van der Waals surface area contributed by atoms with E-state index in [1.165, 1.54) is 0 Å². The van der Waals surface area contributed by atoms with Crippen LogP contribution in [0.25, 0.3) is 5.69 Å². The fourth-order valence-corrected chi connectivity index (χ4v) is 1.73. The summed E-state index contributed by atoms with van der Waals surface area (Å²) in [6.07, 6.45) is 3.69. The number of para-hydroxylation sites is 1. The van der Waals surface area contributed by atoms with Gasteiger partial charge in [-0.15, -0.1) is 0 Å². The molecule has 2 N–H and O–H groups in total. The molecule has 15 heavy (non-hydrogen) atoms. The maximum Gasteiger partial charge on any atom is 0.143 e. The number of aromatic nitrogens is 2. The summed E-state index contributed by atoms with van der Waals surface area (Å²) in [6.45, 7) is 0. The molecule has 0 bridgehead atoms. The summed E-state index contributed by atoms with van der Waals surface area (Å²) in [5, 5.41) is 4.20. The molecule has 2 aromatic rings. The molecule has 0 saturated carbocycles. The van der Waals surface area contributed by atoms with Crippen molar-refractivity contribution in [1.82, 2.24) is 9.78 Å². The van der Waals surface area contributed by atoms with Crippen LogP contribution >= 0.6 is 22.6 Å². The SMILES string of the molecule is COc1cccc(-n2cc(I)cn2)c1N. The van der Waals surface area contributed by atoms with Crippen LogP contribution in [0.1, 0.15) is 0 Å². The van der Waals surface area contributed by atoms with Crippen molar-refractivity contribution < 1.29 is 4.74 Å². The Labute approximate surface area is 101 Å². The highest BCUT2D eigenvalue weighted by Gasteiger charge is 2.07. The molecule has 0 spiro atoms. The van der Waals surface area contributed by atoms with Gasteiger partial charge < -0.3 is 10.5 Å². The molecule has 0 aliphatic rings. The number of benzene rings is 1. The summed E-state index contributed by atoms with van der Waals surface area (Å²) in [6, 6.07) is 5.62. The number of hydrogen-bond donors (Lipinski definition) is 1. The Hall–Kier alpha value is -1.24. The average molecular weight is 315 g/mol. The molecule has 1 aromatic carbocycles. The van der Waals surface area contributed by atoms with Gasteiger partial charge in [0, 0.05) is 6.20 Å². The van der Waals surface area contributed by atoms with Crippen LogP contribution in [0.3, 0.4) is 0 Å². The Morgan fingerprint density at radius 2 is 2.27 bits per heavy atom. The van der Waals surface area contributed by atoms with Crippen molar-refractivity contribution in [3.63, 3.8) is 0 Å². The van der Waals surface area contributed by atoms with Gasteiger partial charge in [-0.1, -0.05) is 6.07 Å². The number of methoxy groups -OCH3 is 1. The molecule has 78 valence electrons. The average Bonchev–Trinajstić information content (AvgIpc) is 2.65. The first kappa shape index (κ1) is 10.3. The zero-order valence-corrected chi connectivity index (χ0v) is 10.3. The van der Waals surface area contributed by atoms with Crippen LogP contribution in [0.4, 0.5) is 5.69 Å². The number of rotatable bonds is 2. The van der Waals surface area contributed by atoms with Gasteiger partial charge >= 0.3 is 0 Å². The molecule has 0 atom stereocenters. The minimum atomic E-state index is 0.597. The van der Waals surface area contributed by atoms with Crippen LogP contribution in [-0.2, 0) is 0 Å². The second-order valence-corrected chi connectivity index (χ2v) is 4.24. The van der Waals surface area contributed by atoms with E-state index in [0.717, 1.165) is 9.26 Å². The molecular formula is C10H10IN3O. The highest BCUT2D eigenvalue weighted by atomic mass is 127. The zero-order valence-electron chi connectivity index (χ0n) is 8.14. The van der Waals surface area contributed by atoms with Crippen molar-refractivity contribution in [2.45, 2.75) is 0 Å². The first-order valence-corrected chi connectivity index (χ1v) is 5.43. The Kier molecular flexibility index (Phi) is 2.81. The highest BCUT2D eigenvalue weighted by molar-refractivity contribution is 14.1. The van der Waals surface area contributed by atoms with Gasteiger partial charge in [0.2, 0.25) is 0 Å². The lowest BCUT2D eigenvalue weighted by Crippen LogP contribution is -2.01. The fraction of sp³-hybridized carbons (Fsp3) is 0.100. The van der Waals surface area contributed by atoms with E-state index >= 15 is 0 Å². The number of anilines is 1. The number of ether oxygens (including phenoxy) is 1. The zero-order chi connectivity index (χ0) is 10.8. The van der Waals surface area contributed by atoms with Gasteiger partial charge in [-0.2, -0.15) is 5.10 Å². The maximum absolute atomic E-state index is 5.95. The molecule has 0 radical (unpaired) electrons. The number of halogens is 1. The van der Waals surface area contributed by atoms with Crippen molar-refractivity contribution in [3.05, 3.63) is 34.2 Å². The van der Waals surface area contributed by atoms with Crippen LogP contribution in [0.15, 0.2) is 30.6 Å². The molecule has 0 unspecified atom stereocenters. The fourth-order valence-electron chi connectivity index (χ4n) is 1.34. The van der Waals surface area contributed by atoms with E-state index in [2.05, 4.69) is 27.7 Å². The Balaban J connectivity index is 2.53. The molecule has 0 saturated heterocycles. The van der Waals surface area contributed by atoms with Gasteiger partial charge in [0.05, 0.1) is 22.6 Å². The Morgan fingerprint density at radius 1 is 1.47 bits per heavy atom. The maximum atomic E-state index is 5.95. The van der Waals surface area contributed by atoms with E-state index in [1.807, 2.05) is 24.4 Å². The van der Waals surface area contributed by atoms with Crippen LogP contribution in [-0.4, -0.2) is 16.9 Å². The van der Waals surface area contributed by atoms with Crippen molar-refractivity contribution in [2.75, 3.05) is 12.8 Å². The van der Waals surface area contributed by atoms with E-state index in [9.17, 15) is 0 Å². The van der Waals surface area contributed by atoms with Gasteiger partial charge in [-0.25, -0.2) is 4.68 Å². The Morgan fingerprint density at radius 3 is 2.87 bits per heavy atom. The van der Waals surface area contributed by atoms with Gasteiger partial charge in [-0.3, -0.25) is 0 Å². The molecule has 0 fully saturated rings. The van der Waals surface area contributed by atoms with Gasteiger partial charge in [0.25, 0.3) is 0 Å². The summed E-state index contributed by atoms with van der Waals surface area (Å²) in [5.41, 5.74) is 7.37. The third kappa shape index (κ3) is 1.92. The van der Waals surface area contributed by atoms with E-state index in [0.29, 0.717) is 11.4 Å². The molecule has 5 heteroatoms. The smallest absolute Gasteiger partial charge is 0.143 e. The van der Waals surface area contributed by atoms with Crippen LogP contribution < -0.4 is 10.5 Å². The first-order chi connectivity index (χ1) is 7.22.